The van der Waals surface area contributed by atoms with Gasteiger partial charge in [0.05, 0.1) is 6.54 Å². The average molecular weight is 393 g/mol. The second-order valence-electron chi connectivity index (χ2n) is 7.25. The van der Waals surface area contributed by atoms with Crippen molar-refractivity contribution in [1.29, 1.82) is 0 Å². The van der Waals surface area contributed by atoms with Crippen molar-refractivity contribution in [3.63, 3.8) is 0 Å². The van der Waals surface area contributed by atoms with Crippen molar-refractivity contribution in [3.8, 4) is 5.69 Å². The molecule has 0 radical (unpaired) electrons. The van der Waals surface area contributed by atoms with Crippen molar-refractivity contribution in [1.82, 2.24) is 14.5 Å². The van der Waals surface area contributed by atoms with Crippen LogP contribution < -0.4 is 10.2 Å². The number of piperazine rings is 1. The highest BCUT2D eigenvalue weighted by Crippen LogP contribution is 2.20. The van der Waals surface area contributed by atoms with E-state index in [0.717, 1.165) is 37.8 Å². The first kappa shape index (κ1) is 19.1. The van der Waals surface area contributed by atoms with E-state index in [0.29, 0.717) is 5.69 Å². The number of nitrogens with one attached hydrogen (secondary N) is 1. The van der Waals surface area contributed by atoms with Gasteiger partial charge in [0, 0.05) is 49.9 Å². The summed E-state index contributed by atoms with van der Waals surface area (Å²) in [4.78, 5) is 21.1. The van der Waals surface area contributed by atoms with Gasteiger partial charge in [-0.2, -0.15) is 0 Å². The maximum atomic E-state index is 13.3. The van der Waals surface area contributed by atoms with Gasteiger partial charge in [0.15, 0.2) is 0 Å². The van der Waals surface area contributed by atoms with Crippen molar-refractivity contribution in [2.45, 2.75) is 6.92 Å². The van der Waals surface area contributed by atoms with Crippen molar-refractivity contribution in [3.05, 3.63) is 72.3 Å². The third-order valence-corrected chi connectivity index (χ3v) is 5.06. The highest BCUT2D eigenvalue weighted by Gasteiger charge is 2.22. The van der Waals surface area contributed by atoms with Gasteiger partial charge >= 0.3 is 0 Å². The van der Waals surface area contributed by atoms with Crippen LogP contribution in [0.15, 0.2) is 60.9 Å². The molecule has 0 saturated carbocycles. The first-order valence-electron chi connectivity index (χ1n) is 9.71. The molecule has 0 aliphatic carbocycles. The number of aryl methyl sites for hydroxylation is 1. The Hall–Kier alpha value is -3.19. The summed E-state index contributed by atoms with van der Waals surface area (Å²) < 4.78 is 15.3. The molecular weight excluding hydrogens is 369 g/mol. The molecule has 1 aromatic heterocycles. The van der Waals surface area contributed by atoms with Crippen LogP contribution in [0.3, 0.4) is 0 Å². The third-order valence-electron chi connectivity index (χ3n) is 5.06. The zero-order valence-corrected chi connectivity index (χ0v) is 16.4. The van der Waals surface area contributed by atoms with Gasteiger partial charge < -0.3 is 10.2 Å². The number of hydrogen-bond acceptors (Lipinski definition) is 4. The maximum Gasteiger partial charge on any atom is 0.238 e. The van der Waals surface area contributed by atoms with Crippen LogP contribution in [0.25, 0.3) is 5.69 Å². The summed E-state index contributed by atoms with van der Waals surface area (Å²) >= 11 is 0. The molecule has 2 heterocycles. The molecular formula is C22H24FN5O. The summed E-state index contributed by atoms with van der Waals surface area (Å²) in [5, 5.41) is 2.75. The summed E-state index contributed by atoms with van der Waals surface area (Å²) in [5.41, 5.74) is 2.79. The lowest BCUT2D eigenvalue weighted by Crippen LogP contribution is -2.49. The monoisotopic (exact) mass is 393 g/mol. The van der Waals surface area contributed by atoms with E-state index in [1.807, 2.05) is 12.4 Å². The van der Waals surface area contributed by atoms with Crippen molar-refractivity contribution in [2.24, 2.45) is 0 Å². The van der Waals surface area contributed by atoms with Crippen LogP contribution >= 0.6 is 0 Å². The molecule has 1 amide bonds. The first-order valence-corrected chi connectivity index (χ1v) is 9.71. The fourth-order valence-corrected chi connectivity index (χ4v) is 3.51. The van der Waals surface area contributed by atoms with E-state index in [2.05, 4.69) is 55.9 Å². The fourth-order valence-electron chi connectivity index (χ4n) is 3.51. The van der Waals surface area contributed by atoms with E-state index in [1.54, 1.807) is 12.1 Å². The number of hydrogen-bond donors (Lipinski definition) is 1. The van der Waals surface area contributed by atoms with Crippen LogP contribution in [0.2, 0.25) is 0 Å². The van der Waals surface area contributed by atoms with Crippen molar-refractivity contribution in [2.75, 3.05) is 42.9 Å². The Kier molecular flexibility index (Phi) is 5.57. The molecule has 2 aromatic carbocycles. The molecule has 29 heavy (non-hydrogen) atoms. The van der Waals surface area contributed by atoms with Gasteiger partial charge in [0.2, 0.25) is 11.9 Å². The molecule has 0 atom stereocenters. The van der Waals surface area contributed by atoms with Gasteiger partial charge in [-0.15, -0.1) is 0 Å². The summed E-state index contributed by atoms with van der Waals surface area (Å²) in [5.74, 6) is 0.420. The van der Waals surface area contributed by atoms with Gasteiger partial charge in [-0.3, -0.25) is 14.3 Å². The number of carbonyl (C=O) groups is 1. The SMILES string of the molecule is Cc1ccc(-n2ccnc2N2CCN(CC(=O)Nc3cccc(F)c3)CC2)cc1. The van der Waals surface area contributed by atoms with Crippen LogP contribution in [0, 0.1) is 12.7 Å². The lowest BCUT2D eigenvalue weighted by molar-refractivity contribution is -0.117. The lowest BCUT2D eigenvalue weighted by atomic mass is 10.2. The Labute approximate surface area is 169 Å². The molecule has 0 bridgehead atoms. The standard InChI is InChI=1S/C22H24FN5O/c1-17-5-7-20(8-6-17)28-10-9-24-22(28)27-13-11-26(12-14-27)16-21(29)25-19-4-2-3-18(23)15-19/h2-10,15H,11-14,16H2,1H3,(H,25,29). The predicted molar refractivity (Wildman–Crippen MR) is 112 cm³/mol. The van der Waals surface area contributed by atoms with Crippen LogP contribution in [-0.4, -0.2) is 53.1 Å². The highest BCUT2D eigenvalue weighted by molar-refractivity contribution is 5.92. The summed E-state index contributed by atoms with van der Waals surface area (Å²) in [6.45, 7) is 5.46. The highest BCUT2D eigenvalue weighted by atomic mass is 19.1. The zero-order chi connectivity index (χ0) is 20.2. The number of aromatic nitrogens is 2. The van der Waals surface area contributed by atoms with Crippen molar-refractivity contribution >= 4 is 17.5 Å². The topological polar surface area (TPSA) is 53.4 Å². The molecule has 1 aliphatic heterocycles. The molecule has 1 aliphatic rings. The molecule has 1 saturated heterocycles. The normalized spacial score (nSPS) is 14.8. The number of halogens is 1. The van der Waals surface area contributed by atoms with Crippen LogP contribution in [0.4, 0.5) is 16.0 Å². The Morgan fingerprint density at radius 2 is 1.86 bits per heavy atom. The minimum Gasteiger partial charge on any atom is -0.339 e. The van der Waals surface area contributed by atoms with E-state index in [-0.39, 0.29) is 18.3 Å². The van der Waals surface area contributed by atoms with Crippen molar-refractivity contribution < 1.29 is 9.18 Å². The van der Waals surface area contributed by atoms with Gasteiger partial charge in [0.1, 0.15) is 5.82 Å². The second-order valence-corrected chi connectivity index (χ2v) is 7.25. The molecule has 0 unspecified atom stereocenters. The molecule has 6 nitrogen and oxygen atoms in total. The molecule has 0 spiro atoms. The van der Waals surface area contributed by atoms with E-state index in [4.69, 9.17) is 0 Å². The molecule has 3 aromatic rings. The first-order chi connectivity index (χ1) is 14.1. The van der Waals surface area contributed by atoms with Gasteiger partial charge in [-0.25, -0.2) is 9.37 Å². The quantitative estimate of drug-likeness (QED) is 0.724. The summed E-state index contributed by atoms with van der Waals surface area (Å²) in [7, 11) is 0. The van der Waals surface area contributed by atoms with E-state index < -0.39 is 0 Å². The van der Waals surface area contributed by atoms with Gasteiger partial charge in [0.25, 0.3) is 0 Å². The third kappa shape index (κ3) is 4.63. The number of rotatable bonds is 5. The summed E-state index contributed by atoms with van der Waals surface area (Å²) in [6, 6.07) is 14.3. The van der Waals surface area contributed by atoms with Gasteiger partial charge in [-0.1, -0.05) is 23.8 Å². The Morgan fingerprint density at radius 1 is 1.10 bits per heavy atom. The van der Waals surface area contributed by atoms with E-state index in [1.165, 1.54) is 17.7 Å². The predicted octanol–water partition coefficient (Wildman–Crippen LogP) is 3.08. The van der Waals surface area contributed by atoms with Crippen LogP contribution in [0.5, 0.6) is 0 Å². The van der Waals surface area contributed by atoms with Crippen LogP contribution in [-0.2, 0) is 4.79 Å². The molecule has 4 rings (SSSR count). The maximum absolute atomic E-state index is 13.3. The molecule has 1 fully saturated rings. The zero-order valence-electron chi connectivity index (χ0n) is 16.4. The van der Waals surface area contributed by atoms with Gasteiger partial charge in [-0.05, 0) is 37.3 Å². The summed E-state index contributed by atoms with van der Waals surface area (Å²) in [6.07, 6.45) is 3.78. The molecule has 7 heteroatoms. The number of benzene rings is 2. The number of nitrogens with zero attached hydrogens (tertiary/aromatic N) is 4. The van der Waals surface area contributed by atoms with Crippen LogP contribution in [0.1, 0.15) is 5.56 Å². The van der Waals surface area contributed by atoms with E-state index in [9.17, 15) is 9.18 Å². The lowest BCUT2D eigenvalue weighted by Gasteiger charge is -2.35. The Balaban J connectivity index is 1.34. The smallest absolute Gasteiger partial charge is 0.238 e. The average Bonchev–Trinajstić information content (AvgIpc) is 3.19. The fraction of sp³-hybridized carbons (Fsp3) is 0.273. The number of carbonyl (C=O) groups excluding carboxylic acids is 1. The molecule has 1 N–H and O–H groups in total. The molecule has 150 valence electrons. The Bertz CT molecular complexity index is 977. The number of imidazole rings is 1. The minimum absolute atomic E-state index is 0.134. The second kappa shape index (κ2) is 8.45. The van der Waals surface area contributed by atoms with E-state index >= 15 is 0 Å². The largest absolute Gasteiger partial charge is 0.339 e. The minimum atomic E-state index is -0.361. The number of amides is 1. The number of anilines is 2. The Morgan fingerprint density at radius 3 is 2.59 bits per heavy atom.